The fourth-order valence-corrected chi connectivity index (χ4v) is 4.39. The van der Waals surface area contributed by atoms with E-state index in [0.717, 1.165) is 5.56 Å². The molecule has 1 aromatic carbocycles. The number of ether oxygens (including phenoxy) is 1. The van der Waals surface area contributed by atoms with Crippen LogP contribution in [0, 0.1) is 0 Å². The average Bonchev–Trinajstić information content (AvgIpc) is 3.20. The summed E-state index contributed by atoms with van der Waals surface area (Å²) in [5, 5.41) is 6.79. The van der Waals surface area contributed by atoms with Gasteiger partial charge in [-0.2, -0.15) is 9.40 Å². The highest BCUT2D eigenvalue weighted by atomic mass is 32.2. The van der Waals surface area contributed by atoms with Crippen LogP contribution in [0.15, 0.2) is 36.9 Å². The predicted octanol–water partition coefficient (Wildman–Crippen LogP) is 0.147. The van der Waals surface area contributed by atoms with Crippen LogP contribution < -0.4 is 5.32 Å². The van der Waals surface area contributed by atoms with Crippen LogP contribution in [0.25, 0.3) is 0 Å². The highest BCUT2D eigenvalue weighted by Gasteiger charge is 2.25. The number of nitrogens with one attached hydrogen (secondary N) is 1. The Morgan fingerprint density at radius 2 is 1.93 bits per heavy atom. The first-order chi connectivity index (χ1) is 13.0. The first-order valence-electron chi connectivity index (χ1n) is 8.76. The Balaban J connectivity index is 1.57. The van der Waals surface area contributed by atoms with E-state index in [1.54, 1.807) is 23.1 Å². The summed E-state index contributed by atoms with van der Waals surface area (Å²) in [6.07, 6.45) is 3.25. The topological polar surface area (TPSA) is 106 Å². The summed E-state index contributed by atoms with van der Waals surface area (Å²) in [5.74, 6) is -0.214. The van der Waals surface area contributed by atoms with Crippen molar-refractivity contribution in [2.45, 2.75) is 25.3 Å². The van der Waals surface area contributed by atoms with Crippen molar-refractivity contribution < 1.29 is 17.9 Å². The summed E-state index contributed by atoms with van der Waals surface area (Å²) < 4.78 is 33.6. The molecule has 3 rings (SSSR count). The number of rotatable bonds is 8. The molecule has 1 saturated heterocycles. The minimum absolute atomic E-state index is 0.0853. The van der Waals surface area contributed by atoms with Crippen molar-refractivity contribution in [3.63, 3.8) is 0 Å². The number of benzene rings is 1. The molecule has 2 aromatic rings. The maximum atomic E-state index is 12.6. The van der Waals surface area contributed by atoms with Gasteiger partial charge in [-0.3, -0.25) is 9.48 Å². The van der Waals surface area contributed by atoms with Crippen LogP contribution in [0.4, 0.5) is 0 Å². The summed E-state index contributed by atoms with van der Waals surface area (Å²) in [6, 6.07) is 7.26. The van der Waals surface area contributed by atoms with E-state index >= 15 is 0 Å². The Kier molecular flexibility index (Phi) is 6.54. The Morgan fingerprint density at radius 1 is 1.19 bits per heavy atom. The molecule has 0 radical (unpaired) electrons. The molecule has 146 valence electrons. The van der Waals surface area contributed by atoms with E-state index in [9.17, 15) is 13.2 Å². The zero-order valence-corrected chi connectivity index (χ0v) is 15.8. The lowest BCUT2D eigenvalue weighted by molar-refractivity contribution is -0.121. The lowest BCUT2D eigenvalue weighted by Crippen LogP contribution is -2.41. The van der Waals surface area contributed by atoms with E-state index in [1.165, 1.54) is 10.6 Å². The zero-order valence-electron chi connectivity index (χ0n) is 15.0. The van der Waals surface area contributed by atoms with Gasteiger partial charge in [0.05, 0.1) is 25.5 Å². The van der Waals surface area contributed by atoms with Gasteiger partial charge < -0.3 is 10.1 Å². The maximum Gasteiger partial charge on any atom is 0.222 e. The highest BCUT2D eigenvalue weighted by Crippen LogP contribution is 2.16. The number of carbonyl (C=O) groups is 1. The number of nitrogens with zero attached hydrogens (tertiary/aromatic N) is 4. The van der Waals surface area contributed by atoms with Crippen molar-refractivity contribution in [2.75, 3.05) is 26.3 Å². The lowest BCUT2D eigenvalue weighted by atomic mass is 10.1. The number of aromatic nitrogens is 3. The van der Waals surface area contributed by atoms with Crippen LogP contribution in [0.1, 0.15) is 17.5 Å². The van der Waals surface area contributed by atoms with Gasteiger partial charge in [-0.1, -0.05) is 24.3 Å². The van der Waals surface area contributed by atoms with Gasteiger partial charge in [-0.25, -0.2) is 13.4 Å². The van der Waals surface area contributed by atoms with E-state index < -0.39 is 10.0 Å². The van der Waals surface area contributed by atoms with Crippen molar-refractivity contribution in [3.05, 3.63) is 48.0 Å². The standard InChI is InChI=1S/C17H23N5O4S/c23-17(5-6-21-14-18-13-20-21)19-11-15-3-1-2-4-16(15)12-27(24,25)22-7-9-26-10-8-22/h1-4,13-14H,5-12H2,(H,19,23). The summed E-state index contributed by atoms with van der Waals surface area (Å²) in [5.41, 5.74) is 1.49. The number of carbonyl (C=O) groups excluding carboxylic acids is 1. The largest absolute Gasteiger partial charge is 0.379 e. The summed E-state index contributed by atoms with van der Waals surface area (Å²) in [6.45, 7) is 2.32. The molecule has 1 amide bonds. The highest BCUT2D eigenvalue weighted by molar-refractivity contribution is 7.88. The van der Waals surface area contributed by atoms with Crippen molar-refractivity contribution in [2.24, 2.45) is 0 Å². The van der Waals surface area contributed by atoms with Gasteiger partial charge in [0.1, 0.15) is 12.7 Å². The lowest BCUT2D eigenvalue weighted by Gasteiger charge is -2.26. The Labute approximate surface area is 158 Å². The van der Waals surface area contributed by atoms with Gasteiger partial charge in [-0.05, 0) is 11.1 Å². The monoisotopic (exact) mass is 393 g/mol. The van der Waals surface area contributed by atoms with E-state index in [2.05, 4.69) is 15.4 Å². The molecular weight excluding hydrogens is 370 g/mol. The van der Waals surface area contributed by atoms with E-state index in [4.69, 9.17) is 4.74 Å². The van der Waals surface area contributed by atoms with Gasteiger partial charge in [0.2, 0.25) is 15.9 Å². The van der Waals surface area contributed by atoms with Crippen molar-refractivity contribution in [1.29, 1.82) is 0 Å². The molecule has 0 unspecified atom stereocenters. The smallest absolute Gasteiger partial charge is 0.222 e. The predicted molar refractivity (Wildman–Crippen MR) is 97.9 cm³/mol. The van der Waals surface area contributed by atoms with Gasteiger partial charge in [-0.15, -0.1) is 0 Å². The number of hydrogen-bond donors (Lipinski definition) is 1. The molecule has 9 nitrogen and oxygen atoms in total. The Hall–Kier alpha value is -2.30. The minimum Gasteiger partial charge on any atom is -0.379 e. The third-order valence-electron chi connectivity index (χ3n) is 4.33. The first-order valence-corrected chi connectivity index (χ1v) is 10.4. The van der Waals surface area contributed by atoms with Crippen LogP contribution >= 0.6 is 0 Å². The van der Waals surface area contributed by atoms with Crippen molar-refractivity contribution >= 4 is 15.9 Å². The molecule has 1 N–H and O–H groups in total. The maximum absolute atomic E-state index is 12.6. The van der Waals surface area contributed by atoms with Gasteiger partial charge >= 0.3 is 0 Å². The normalized spacial score (nSPS) is 15.6. The molecule has 0 atom stereocenters. The second-order valence-corrected chi connectivity index (χ2v) is 8.19. The Bertz CT molecular complexity index is 848. The fraction of sp³-hybridized carbons (Fsp3) is 0.471. The SMILES string of the molecule is O=C(CCn1cncn1)NCc1ccccc1CS(=O)(=O)N1CCOCC1. The fourth-order valence-electron chi connectivity index (χ4n) is 2.83. The molecule has 1 aliphatic rings. The summed E-state index contributed by atoms with van der Waals surface area (Å²) in [4.78, 5) is 15.9. The number of amides is 1. The molecule has 2 heterocycles. The molecule has 0 aliphatic carbocycles. The number of hydrogen-bond acceptors (Lipinski definition) is 6. The molecule has 1 aliphatic heterocycles. The third kappa shape index (κ3) is 5.59. The quantitative estimate of drug-likeness (QED) is 0.684. The molecule has 1 fully saturated rings. The van der Waals surface area contributed by atoms with Crippen molar-refractivity contribution in [1.82, 2.24) is 24.4 Å². The third-order valence-corrected chi connectivity index (χ3v) is 6.16. The second kappa shape index (κ2) is 9.07. The van der Waals surface area contributed by atoms with Crippen molar-refractivity contribution in [3.8, 4) is 0 Å². The van der Waals surface area contributed by atoms with Crippen LogP contribution in [-0.2, 0) is 38.4 Å². The Morgan fingerprint density at radius 3 is 2.63 bits per heavy atom. The van der Waals surface area contributed by atoms with E-state index in [-0.39, 0.29) is 24.6 Å². The minimum atomic E-state index is -3.42. The van der Waals surface area contributed by atoms with Crippen LogP contribution in [-0.4, -0.2) is 59.7 Å². The van der Waals surface area contributed by atoms with Gasteiger partial charge in [0.25, 0.3) is 0 Å². The molecule has 0 saturated carbocycles. The first kappa shape index (κ1) is 19.5. The summed E-state index contributed by atoms with van der Waals surface area (Å²) in [7, 11) is -3.42. The van der Waals surface area contributed by atoms with E-state index in [1.807, 2.05) is 12.1 Å². The summed E-state index contributed by atoms with van der Waals surface area (Å²) >= 11 is 0. The van der Waals surface area contributed by atoms with Crippen LogP contribution in [0.5, 0.6) is 0 Å². The molecule has 0 bridgehead atoms. The van der Waals surface area contributed by atoms with E-state index in [0.29, 0.717) is 38.4 Å². The number of sulfonamides is 1. The number of aryl methyl sites for hydroxylation is 1. The molecule has 0 spiro atoms. The van der Waals surface area contributed by atoms with Gasteiger partial charge in [0.15, 0.2) is 0 Å². The number of morpholine rings is 1. The molecular formula is C17H23N5O4S. The van der Waals surface area contributed by atoms with Crippen LogP contribution in [0.2, 0.25) is 0 Å². The van der Waals surface area contributed by atoms with Gasteiger partial charge in [0, 0.05) is 26.1 Å². The second-order valence-electron chi connectivity index (χ2n) is 6.22. The average molecular weight is 393 g/mol. The zero-order chi connectivity index (χ0) is 19.1. The molecule has 27 heavy (non-hydrogen) atoms. The molecule has 1 aromatic heterocycles. The van der Waals surface area contributed by atoms with Crippen LogP contribution in [0.3, 0.4) is 0 Å². The molecule has 10 heteroatoms.